The normalized spacial score (nSPS) is 31.5. The second kappa shape index (κ2) is 5.30. The Morgan fingerprint density at radius 2 is 1.71 bits per heavy atom. The molecule has 1 aromatic rings. The molecule has 2 aliphatic rings. The molecule has 0 spiro atoms. The van der Waals surface area contributed by atoms with E-state index in [1.165, 1.54) is 0 Å². The van der Waals surface area contributed by atoms with Gasteiger partial charge in [0.15, 0.2) is 0 Å². The molecule has 0 amide bonds. The molecule has 0 aliphatic heterocycles. The van der Waals surface area contributed by atoms with Gasteiger partial charge >= 0.3 is 0 Å². The molecule has 0 saturated heterocycles. The Bertz CT molecular complexity index is 685. The second-order valence-corrected chi connectivity index (χ2v) is 7.93. The summed E-state index contributed by atoms with van der Waals surface area (Å²) in [6, 6.07) is 8.70. The number of hydrogen-bond donors (Lipinski definition) is 0. The maximum absolute atomic E-state index is 12.7. The van der Waals surface area contributed by atoms with Gasteiger partial charge in [-0.05, 0) is 48.6 Å². The molecule has 2 aliphatic carbocycles. The zero-order chi connectivity index (χ0) is 15.0. The van der Waals surface area contributed by atoms with Gasteiger partial charge in [-0.15, -0.1) is 13.2 Å². The van der Waals surface area contributed by atoms with E-state index in [0.29, 0.717) is 39.9 Å². The van der Waals surface area contributed by atoms with E-state index in [-0.39, 0.29) is 0 Å². The van der Waals surface area contributed by atoms with E-state index in [1.54, 1.807) is 24.3 Å². The summed E-state index contributed by atoms with van der Waals surface area (Å²) in [5.74, 6) is 1.40. The predicted molar refractivity (Wildman–Crippen MR) is 85.3 cm³/mol. The lowest BCUT2D eigenvalue weighted by Gasteiger charge is -2.15. The van der Waals surface area contributed by atoms with Crippen molar-refractivity contribution < 1.29 is 8.42 Å². The molecular weight excluding hydrogens is 280 g/mol. The van der Waals surface area contributed by atoms with Crippen LogP contribution in [0, 0.1) is 23.7 Å². The van der Waals surface area contributed by atoms with E-state index < -0.39 is 9.84 Å². The Labute approximate surface area is 126 Å². The smallest absolute Gasteiger partial charge is 0.202 e. The number of rotatable bonds is 4. The summed E-state index contributed by atoms with van der Waals surface area (Å²) in [5, 5.41) is 0. The first-order valence-corrected chi connectivity index (χ1v) is 8.82. The highest BCUT2D eigenvalue weighted by molar-refractivity contribution is 7.95. The molecule has 21 heavy (non-hydrogen) atoms. The molecule has 1 aromatic carbocycles. The molecular formula is C18H20O2S. The third-order valence-corrected chi connectivity index (χ3v) is 6.79. The van der Waals surface area contributed by atoms with Crippen LogP contribution in [0.4, 0.5) is 0 Å². The number of fused-ring (bicyclic) bond motifs is 1. The van der Waals surface area contributed by atoms with Gasteiger partial charge in [0.1, 0.15) is 0 Å². The third-order valence-electron chi connectivity index (χ3n) is 4.90. The van der Waals surface area contributed by atoms with E-state index in [9.17, 15) is 8.42 Å². The summed E-state index contributed by atoms with van der Waals surface area (Å²) in [6.45, 7) is 7.81. The van der Waals surface area contributed by atoms with Crippen LogP contribution in [-0.4, -0.2) is 8.42 Å². The minimum absolute atomic E-state index is 0.291. The van der Waals surface area contributed by atoms with Crippen LogP contribution < -0.4 is 0 Å². The van der Waals surface area contributed by atoms with Crippen LogP contribution >= 0.6 is 0 Å². The topological polar surface area (TPSA) is 34.1 Å². The first kappa shape index (κ1) is 14.3. The molecule has 1 fully saturated rings. The van der Waals surface area contributed by atoms with E-state index in [4.69, 9.17) is 0 Å². The first-order valence-electron chi connectivity index (χ1n) is 7.34. The zero-order valence-electron chi connectivity index (χ0n) is 12.0. The molecule has 4 atom stereocenters. The van der Waals surface area contributed by atoms with E-state index in [0.717, 1.165) is 6.42 Å². The Morgan fingerprint density at radius 3 is 2.33 bits per heavy atom. The lowest BCUT2D eigenvalue weighted by atomic mass is 9.90. The summed E-state index contributed by atoms with van der Waals surface area (Å²) >= 11 is 0. The first-order chi connectivity index (χ1) is 10.1. The highest BCUT2D eigenvalue weighted by Crippen LogP contribution is 2.52. The molecule has 0 aromatic heterocycles. The van der Waals surface area contributed by atoms with Crippen LogP contribution in [0.1, 0.15) is 12.8 Å². The van der Waals surface area contributed by atoms with Crippen molar-refractivity contribution in [2.24, 2.45) is 23.7 Å². The van der Waals surface area contributed by atoms with Crippen molar-refractivity contribution in [3.63, 3.8) is 0 Å². The fourth-order valence-corrected chi connectivity index (χ4v) is 5.34. The van der Waals surface area contributed by atoms with E-state index in [1.807, 2.05) is 24.3 Å². The second-order valence-electron chi connectivity index (χ2n) is 5.93. The third kappa shape index (κ3) is 2.30. The minimum atomic E-state index is -3.35. The van der Waals surface area contributed by atoms with Crippen LogP contribution in [0.15, 0.2) is 71.5 Å². The fraction of sp³-hybridized carbons (Fsp3) is 0.333. The van der Waals surface area contributed by atoms with Gasteiger partial charge in [0.05, 0.1) is 4.90 Å². The summed E-state index contributed by atoms with van der Waals surface area (Å²) in [5.41, 5.74) is 0. The van der Waals surface area contributed by atoms with Gasteiger partial charge < -0.3 is 0 Å². The van der Waals surface area contributed by atoms with Crippen molar-refractivity contribution in [3.05, 3.63) is 66.6 Å². The average Bonchev–Trinajstić information content (AvgIpc) is 3.07. The molecule has 0 radical (unpaired) electrons. The molecule has 3 heteroatoms. The summed E-state index contributed by atoms with van der Waals surface area (Å²) in [7, 11) is -3.35. The van der Waals surface area contributed by atoms with Crippen molar-refractivity contribution in [2.75, 3.05) is 0 Å². The van der Waals surface area contributed by atoms with Crippen molar-refractivity contribution in [2.45, 2.75) is 17.7 Å². The molecule has 0 N–H and O–H groups in total. The maximum Gasteiger partial charge on any atom is 0.202 e. The highest BCUT2D eigenvalue weighted by atomic mass is 32.2. The lowest BCUT2D eigenvalue weighted by Crippen LogP contribution is -2.10. The number of benzene rings is 1. The Balaban J connectivity index is 1.96. The van der Waals surface area contributed by atoms with Gasteiger partial charge in [-0.1, -0.05) is 36.4 Å². The van der Waals surface area contributed by atoms with Gasteiger partial charge in [0.25, 0.3) is 0 Å². The standard InChI is InChI=1S/C18H20O2S/c1-3-13-10-14(4-2)18-12-16(11-17(13)18)21(19,20)15-8-6-5-7-9-15/h3-9,11,13-14,17-18H,1-2,10,12H2. The Kier molecular flexibility index (Phi) is 3.62. The summed E-state index contributed by atoms with van der Waals surface area (Å²) in [4.78, 5) is 0.962. The highest BCUT2D eigenvalue weighted by Gasteiger charge is 2.45. The quantitative estimate of drug-likeness (QED) is 0.788. The molecule has 1 saturated carbocycles. The van der Waals surface area contributed by atoms with E-state index in [2.05, 4.69) is 13.2 Å². The monoisotopic (exact) mass is 300 g/mol. The van der Waals surface area contributed by atoms with Gasteiger partial charge in [-0.25, -0.2) is 8.42 Å². The predicted octanol–water partition coefficient (Wildman–Crippen LogP) is 3.99. The number of allylic oxidation sites excluding steroid dienone is 4. The fourth-order valence-electron chi connectivity index (χ4n) is 3.77. The van der Waals surface area contributed by atoms with Gasteiger partial charge in [-0.2, -0.15) is 0 Å². The largest absolute Gasteiger partial charge is 0.219 e. The SMILES string of the molecule is C=CC1CC(C=C)C2CC(S(=O)(=O)c3ccccc3)=CC12. The van der Waals surface area contributed by atoms with Gasteiger partial charge in [0, 0.05) is 4.91 Å². The minimum Gasteiger partial charge on any atom is -0.219 e. The van der Waals surface area contributed by atoms with Gasteiger partial charge in [0.2, 0.25) is 9.84 Å². The zero-order valence-corrected chi connectivity index (χ0v) is 12.8. The van der Waals surface area contributed by atoms with Crippen molar-refractivity contribution >= 4 is 9.84 Å². The van der Waals surface area contributed by atoms with E-state index >= 15 is 0 Å². The summed E-state index contributed by atoms with van der Waals surface area (Å²) in [6.07, 6.45) is 7.59. The lowest BCUT2D eigenvalue weighted by molar-refractivity contribution is 0.412. The van der Waals surface area contributed by atoms with Crippen LogP contribution in [0.5, 0.6) is 0 Å². The van der Waals surface area contributed by atoms with Crippen LogP contribution in [0.3, 0.4) is 0 Å². The molecule has 0 heterocycles. The van der Waals surface area contributed by atoms with Crippen molar-refractivity contribution in [1.29, 1.82) is 0 Å². The van der Waals surface area contributed by atoms with Crippen molar-refractivity contribution in [1.82, 2.24) is 0 Å². The molecule has 110 valence electrons. The van der Waals surface area contributed by atoms with Crippen LogP contribution in [-0.2, 0) is 9.84 Å². The number of hydrogen-bond acceptors (Lipinski definition) is 2. The molecule has 2 nitrogen and oxygen atoms in total. The average molecular weight is 300 g/mol. The van der Waals surface area contributed by atoms with Crippen LogP contribution in [0.2, 0.25) is 0 Å². The van der Waals surface area contributed by atoms with Gasteiger partial charge in [-0.3, -0.25) is 0 Å². The van der Waals surface area contributed by atoms with Crippen LogP contribution in [0.25, 0.3) is 0 Å². The number of sulfone groups is 1. The summed E-state index contributed by atoms with van der Waals surface area (Å²) < 4.78 is 25.5. The molecule has 4 unspecified atom stereocenters. The molecule has 3 rings (SSSR count). The Morgan fingerprint density at radius 1 is 1.05 bits per heavy atom. The Hall–Kier alpha value is -1.61. The molecule has 0 bridgehead atoms. The van der Waals surface area contributed by atoms with Crippen molar-refractivity contribution in [3.8, 4) is 0 Å². The maximum atomic E-state index is 12.7.